The van der Waals surface area contributed by atoms with E-state index in [1.807, 2.05) is 24.3 Å². The van der Waals surface area contributed by atoms with Gasteiger partial charge >= 0.3 is 0 Å². The van der Waals surface area contributed by atoms with Crippen LogP contribution in [0.15, 0.2) is 41.0 Å². The van der Waals surface area contributed by atoms with Gasteiger partial charge in [-0.1, -0.05) is 23.7 Å². The lowest BCUT2D eigenvalue weighted by atomic mass is 10.2. The summed E-state index contributed by atoms with van der Waals surface area (Å²) in [6, 6.07) is 9.85. The summed E-state index contributed by atoms with van der Waals surface area (Å²) in [5.74, 6) is 1.71. The summed E-state index contributed by atoms with van der Waals surface area (Å²) in [6.07, 6.45) is 1.79. The monoisotopic (exact) mass is 338 g/mol. The van der Waals surface area contributed by atoms with Crippen LogP contribution < -0.4 is 9.64 Å². The molecule has 0 saturated carbocycles. The van der Waals surface area contributed by atoms with Crippen molar-refractivity contribution in [2.45, 2.75) is 6.54 Å². The molecule has 3 nitrogen and oxygen atoms in total. The van der Waals surface area contributed by atoms with E-state index in [1.165, 1.54) is 5.56 Å². The van der Waals surface area contributed by atoms with Gasteiger partial charge in [0.1, 0.15) is 6.61 Å². The average Bonchev–Trinajstić information content (AvgIpc) is 2.38. The lowest BCUT2D eigenvalue weighted by molar-refractivity contribution is 0.304. The maximum Gasteiger partial charge on any atom is 0.171 e. The van der Waals surface area contributed by atoms with Crippen molar-refractivity contribution < 1.29 is 4.74 Å². The maximum absolute atomic E-state index is 6.02. The highest BCUT2D eigenvalue weighted by atomic mass is 79.9. The number of benzene rings is 1. The number of aromatic nitrogens is 1. The molecular weight excluding hydrogens is 328 g/mol. The van der Waals surface area contributed by atoms with Gasteiger partial charge in [0.2, 0.25) is 0 Å². The minimum atomic E-state index is 0.672. The second-order valence-corrected chi connectivity index (χ2v) is 5.73. The van der Waals surface area contributed by atoms with Crippen LogP contribution in [0.4, 0.5) is 5.82 Å². The summed E-state index contributed by atoms with van der Waals surface area (Å²) >= 11 is 9.43. The predicted molar refractivity (Wildman–Crippen MR) is 79.9 cm³/mol. The van der Waals surface area contributed by atoms with Crippen molar-refractivity contribution in [3.05, 3.63) is 51.6 Å². The van der Waals surface area contributed by atoms with Crippen LogP contribution in [-0.4, -0.2) is 18.1 Å². The molecule has 0 saturated heterocycles. The predicted octanol–water partition coefficient (Wildman–Crippen LogP) is 3.90. The van der Waals surface area contributed by atoms with Crippen molar-refractivity contribution in [2.75, 3.05) is 18.1 Å². The minimum Gasteiger partial charge on any atom is -0.488 e. The molecule has 2 heterocycles. The van der Waals surface area contributed by atoms with Gasteiger partial charge in [0.25, 0.3) is 0 Å². The number of fused-ring (bicyclic) bond motifs is 1. The smallest absolute Gasteiger partial charge is 0.171 e. The van der Waals surface area contributed by atoms with Crippen molar-refractivity contribution in [2.24, 2.45) is 0 Å². The highest BCUT2D eigenvalue weighted by Gasteiger charge is 2.19. The van der Waals surface area contributed by atoms with Crippen LogP contribution in [0.5, 0.6) is 5.75 Å². The van der Waals surface area contributed by atoms with Gasteiger partial charge in [-0.05, 0) is 39.7 Å². The van der Waals surface area contributed by atoms with Crippen LogP contribution >= 0.6 is 27.5 Å². The number of nitrogens with zero attached hydrogens (tertiary/aromatic N) is 2. The van der Waals surface area contributed by atoms with Gasteiger partial charge in [-0.2, -0.15) is 0 Å². The fourth-order valence-corrected chi connectivity index (χ4v) is 2.66. The molecule has 1 aliphatic heterocycles. The highest BCUT2D eigenvalue weighted by molar-refractivity contribution is 9.10. The molecule has 0 N–H and O–H groups in total. The van der Waals surface area contributed by atoms with Crippen LogP contribution in [0.25, 0.3) is 0 Å². The molecule has 1 aromatic carbocycles. The van der Waals surface area contributed by atoms with E-state index in [9.17, 15) is 0 Å². The molecule has 1 aromatic heterocycles. The van der Waals surface area contributed by atoms with Crippen molar-refractivity contribution in [1.82, 2.24) is 4.98 Å². The Kier molecular flexibility index (Phi) is 3.62. The molecule has 98 valence electrons. The summed E-state index contributed by atoms with van der Waals surface area (Å²) < 4.78 is 6.56. The second-order valence-electron chi connectivity index (χ2n) is 4.38. The van der Waals surface area contributed by atoms with E-state index in [2.05, 4.69) is 31.9 Å². The van der Waals surface area contributed by atoms with E-state index in [0.717, 1.165) is 34.2 Å². The molecule has 0 fully saturated rings. The van der Waals surface area contributed by atoms with Gasteiger partial charge in [-0.25, -0.2) is 4.98 Å². The Bertz CT molecular complexity index is 606. The van der Waals surface area contributed by atoms with Crippen LogP contribution in [-0.2, 0) is 6.54 Å². The summed E-state index contributed by atoms with van der Waals surface area (Å²) in [5, 5.41) is 0.759. The van der Waals surface area contributed by atoms with Gasteiger partial charge < -0.3 is 9.64 Å². The molecular formula is C14H12BrClN2O. The van der Waals surface area contributed by atoms with Gasteiger partial charge in [0.05, 0.1) is 6.54 Å². The molecule has 0 bridgehead atoms. The SMILES string of the molecule is Clc1cccc(CN2CCOc3cc(Br)cnc32)c1. The highest BCUT2D eigenvalue weighted by Crippen LogP contribution is 2.32. The van der Waals surface area contributed by atoms with Crippen molar-refractivity contribution in [3.8, 4) is 5.75 Å². The average molecular weight is 340 g/mol. The van der Waals surface area contributed by atoms with E-state index >= 15 is 0 Å². The minimum absolute atomic E-state index is 0.672. The number of anilines is 1. The Morgan fingerprint density at radius 3 is 3.11 bits per heavy atom. The van der Waals surface area contributed by atoms with E-state index < -0.39 is 0 Å². The molecule has 3 rings (SSSR count). The first kappa shape index (κ1) is 12.8. The Morgan fingerprint density at radius 1 is 1.37 bits per heavy atom. The standard InChI is InChI=1S/C14H12BrClN2O/c15-11-7-13-14(17-8-11)18(4-5-19-13)9-10-2-1-3-12(16)6-10/h1-3,6-8H,4-5,9H2. The molecule has 0 radical (unpaired) electrons. The van der Waals surface area contributed by atoms with Crippen LogP contribution in [0.3, 0.4) is 0 Å². The molecule has 0 aliphatic carbocycles. The van der Waals surface area contributed by atoms with Crippen molar-refractivity contribution in [3.63, 3.8) is 0 Å². The lowest BCUT2D eigenvalue weighted by Crippen LogP contribution is -2.32. The molecule has 1 aliphatic rings. The summed E-state index contributed by atoms with van der Waals surface area (Å²) in [5.41, 5.74) is 1.17. The summed E-state index contributed by atoms with van der Waals surface area (Å²) in [6.45, 7) is 2.28. The number of pyridine rings is 1. The zero-order chi connectivity index (χ0) is 13.2. The van der Waals surface area contributed by atoms with Crippen molar-refractivity contribution >= 4 is 33.3 Å². The molecule has 0 unspecified atom stereocenters. The number of halogens is 2. The molecule has 5 heteroatoms. The second kappa shape index (κ2) is 5.39. The molecule has 2 aromatic rings. The number of hydrogen-bond acceptors (Lipinski definition) is 3. The van der Waals surface area contributed by atoms with E-state index in [4.69, 9.17) is 16.3 Å². The Hall–Kier alpha value is -1.26. The first-order valence-electron chi connectivity index (χ1n) is 6.00. The fourth-order valence-electron chi connectivity index (χ4n) is 2.14. The number of rotatable bonds is 2. The Balaban J connectivity index is 1.87. The van der Waals surface area contributed by atoms with E-state index in [-0.39, 0.29) is 0 Å². The van der Waals surface area contributed by atoms with Gasteiger partial charge in [-0.3, -0.25) is 0 Å². The topological polar surface area (TPSA) is 25.4 Å². The summed E-state index contributed by atoms with van der Waals surface area (Å²) in [7, 11) is 0. The summed E-state index contributed by atoms with van der Waals surface area (Å²) in [4.78, 5) is 6.65. The van der Waals surface area contributed by atoms with Crippen LogP contribution in [0.1, 0.15) is 5.56 Å². The molecule has 19 heavy (non-hydrogen) atoms. The van der Waals surface area contributed by atoms with Crippen molar-refractivity contribution in [1.29, 1.82) is 0 Å². The van der Waals surface area contributed by atoms with E-state index in [1.54, 1.807) is 6.20 Å². The quantitative estimate of drug-likeness (QED) is 0.830. The Labute approximate surface area is 125 Å². The lowest BCUT2D eigenvalue weighted by Gasteiger charge is -2.30. The first-order chi connectivity index (χ1) is 9.22. The third kappa shape index (κ3) is 2.85. The zero-order valence-electron chi connectivity index (χ0n) is 10.1. The number of hydrogen-bond donors (Lipinski definition) is 0. The maximum atomic E-state index is 6.02. The first-order valence-corrected chi connectivity index (χ1v) is 7.17. The fraction of sp³-hybridized carbons (Fsp3) is 0.214. The Morgan fingerprint density at radius 2 is 2.26 bits per heavy atom. The van der Waals surface area contributed by atoms with Gasteiger partial charge in [0.15, 0.2) is 11.6 Å². The van der Waals surface area contributed by atoms with E-state index in [0.29, 0.717) is 6.61 Å². The van der Waals surface area contributed by atoms with Crippen LogP contribution in [0, 0.1) is 0 Å². The largest absolute Gasteiger partial charge is 0.488 e. The normalized spacial score (nSPS) is 13.9. The van der Waals surface area contributed by atoms with Crippen LogP contribution in [0.2, 0.25) is 5.02 Å². The molecule has 0 amide bonds. The number of ether oxygens (including phenoxy) is 1. The van der Waals surface area contributed by atoms with Gasteiger partial charge in [-0.15, -0.1) is 0 Å². The third-order valence-electron chi connectivity index (χ3n) is 2.98. The third-order valence-corrected chi connectivity index (χ3v) is 3.65. The zero-order valence-corrected chi connectivity index (χ0v) is 12.5. The molecule has 0 atom stereocenters. The van der Waals surface area contributed by atoms with Gasteiger partial charge in [0, 0.05) is 22.2 Å². The molecule has 0 spiro atoms.